The molecule has 27 heavy (non-hydrogen) atoms. The molecule has 6 heteroatoms. The monoisotopic (exact) mass is 365 g/mol. The van der Waals surface area contributed by atoms with Crippen LogP contribution in [0.3, 0.4) is 0 Å². The van der Waals surface area contributed by atoms with Crippen LogP contribution in [0.2, 0.25) is 0 Å². The molecule has 0 radical (unpaired) electrons. The van der Waals surface area contributed by atoms with Gasteiger partial charge in [0.25, 0.3) is 0 Å². The van der Waals surface area contributed by atoms with E-state index in [1.165, 1.54) is 15.8 Å². The van der Waals surface area contributed by atoms with Gasteiger partial charge in [-0.2, -0.15) is 0 Å². The lowest BCUT2D eigenvalue weighted by Gasteiger charge is -2.37. The summed E-state index contributed by atoms with van der Waals surface area (Å²) < 4.78 is 6.72. The van der Waals surface area contributed by atoms with Crippen molar-refractivity contribution in [3.63, 3.8) is 0 Å². The molecule has 0 spiro atoms. The molecule has 0 N–H and O–H groups in total. The molecule has 0 aliphatic carbocycles. The minimum absolute atomic E-state index is 0.0481. The Morgan fingerprint density at radius 1 is 1.00 bits per heavy atom. The van der Waals surface area contributed by atoms with Crippen LogP contribution in [-0.4, -0.2) is 41.6 Å². The van der Waals surface area contributed by atoms with Gasteiger partial charge in [-0.1, -0.05) is 30.3 Å². The molecule has 1 aliphatic heterocycles. The standard InChI is InChI=1S/C21H23N3O3/c1-15-7-3-4-8-17(15)22-11-13-23(14-12-22)20(25)16(2)24-18-9-5-6-10-19(18)27-21(24)26/h3-10,16H,11-14H2,1-2H3. The number of rotatable bonds is 3. The number of fused-ring (bicyclic) bond motifs is 1. The highest BCUT2D eigenvalue weighted by Crippen LogP contribution is 2.23. The zero-order valence-electron chi connectivity index (χ0n) is 15.6. The van der Waals surface area contributed by atoms with E-state index in [2.05, 4.69) is 24.0 Å². The van der Waals surface area contributed by atoms with Crippen LogP contribution in [0.1, 0.15) is 18.5 Å². The number of piperazine rings is 1. The van der Waals surface area contributed by atoms with Crippen molar-refractivity contribution < 1.29 is 9.21 Å². The van der Waals surface area contributed by atoms with E-state index in [-0.39, 0.29) is 5.91 Å². The van der Waals surface area contributed by atoms with Gasteiger partial charge in [-0.05, 0) is 37.6 Å². The maximum absolute atomic E-state index is 13.0. The second-order valence-corrected chi connectivity index (χ2v) is 6.98. The number of hydrogen-bond acceptors (Lipinski definition) is 4. The molecule has 3 aromatic rings. The number of hydrogen-bond donors (Lipinski definition) is 0. The summed E-state index contributed by atoms with van der Waals surface area (Å²) in [5, 5.41) is 0. The predicted molar refractivity (Wildman–Crippen MR) is 105 cm³/mol. The van der Waals surface area contributed by atoms with E-state index in [0.717, 1.165) is 13.1 Å². The fourth-order valence-corrected chi connectivity index (χ4v) is 3.81. The Kier molecular flexibility index (Phi) is 4.48. The smallest absolute Gasteiger partial charge is 0.408 e. The summed E-state index contributed by atoms with van der Waals surface area (Å²) in [5.74, 6) is -0.538. The van der Waals surface area contributed by atoms with Crippen molar-refractivity contribution >= 4 is 22.7 Å². The highest BCUT2D eigenvalue weighted by Gasteiger charge is 2.28. The van der Waals surface area contributed by atoms with Gasteiger partial charge in [-0.15, -0.1) is 0 Å². The van der Waals surface area contributed by atoms with Gasteiger partial charge in [0.2, 0.25) is 5.91 Å². The number of oxazole rings is 1. The Balaban J connectivity index is 1.50. The number of benzene rings is 2. The number of carbonyl (C=O) groups is 1. The minimum Gasteiger partial charge on any atom is -0.408 e. The molecule has 2 aromatic carbocycles. The number of para-hydroxylation sites is 3. The Bertz CT molecular complexity index is 1030. The van der Waals surface area contributed by atoms with E-state index in [9.17, 15) is 9.59 Å². The van der Waals surface area contributed by atoms with Crippen LogP contribution >= 0.6 is 0 Å². The molecule has 1 unspecified atom stereocenters. The topological polar surface area (TPSA) is 58.7 Å². The van der Waals surface area contributed by atoms with Gasteiger partial charge in [0.15, 0.2) is 5.58 Å². The number of aromatic nitrogens is 1. The number of amides is 1. The van der Waals surface area contributed by atoms with Gasteiger partial charge in [0, 0.05) is 31.9 Å². The molecule has 0 saturated carbocycles. The normalized spacial score (nSPS) is 15.9. The number of aryl methyl sites for hydroxylation is 1. The largest absolute Gasteiger partial charge is 0.420 e. The predicted octanol–water partition coefficient (Wildman–Crippen LogP) is 2.81. The van der Waals surface area contributed by atoms with Crippen molar-refractivity contribution in [2.75, 3.05) is 31.1 Å². The molecule has 1 amide bonds. The Morgan fingerprint density at radius 2 is 1.67 bits per heavy atom. The summed E-state index contributed by atoms with van der Waals surface area (Å²) in [6.07, 6.45) is 0. The van der Waals surface area contributed by atoms with E-state index in [0.29, 0.717) is 24.2 Å². The molecule has 140 valence electrons. The quantitative estimate of drug-likeness (QED) is 0.716. The highest BCUT2D eigenvalue weighted by molar-refractivity contribution is 5.83. The third kappa shape index (κ3) is 3.12. The van der Waals surface area contributed by atoms with Crippen molar-refractivity contribution in [1.29, 1.82) is 0 Å². The molecule has 2 heterocycles. The van der Waals surface area contributed by atoms with E-state index in [1.54, 1.807) is 19.1 Å². The molecular formula is C21H23N3O3. The average molecular weight is 365 g/mol. The molecule has 1 saturated heterocycles. The molecule has 4 rings (SSSR count). The first-order valence-electron chi connectivity index (χ1n) is 9.25. The van der Waals surface area contributed by atoms with Crippen LogP contribution < -0.4 is 10.7 Å². The van der Waals surface area contributed by atoms with Crippen LogP contribution in [0.5, 0.6) is 0 Å². The van der Waals surface area contributed by atoms with Gasteiger partial charge in [0.05, 0.1) is 5.52 Å². The maximum atomic E-state index is 13.0. The number of nitrogens with zero attached hydrogens (tertiary/aromatic N) is 3. The average Bonchev–Trinajstić information content (AvgIpc) is 3.03. The fourth-order valence-electron chi connectivity index (χ4n) is 3.81. The van der Waals surface area contributed by atoms with E-state index in [1.807, 2.05) is 29.2 Å². The molecule has 1 atom stereocenters. The molecule has 0 bridgehead atoms. The summed E-state index contributed by atoms with van der Waals surface area (Å²) in [6, 6.07) is 14.9. The lowest BCUT2D eigenvalue weighted by Crippen LogP contribution is -2.51. The van der Waals surface area contributed by atoms with Gasteiger partial charge >= 0.3 is 5.76 Å². The SMILES string of the molecule is Cc1ccccc1N1CCN(C(=O)C(C)n2c(=O)oc3ccccc32)CC1. The van der Waals surface area contributed by atoms with Gasteiger partial charge in [0.1, 0.15) is 6.04 Å². The second-order valence-electron chi connectivity index (χ2n) is 6.98. The van der Waals surface area contributed by atoms with Crippen LogP contribution in [0.25, 0.3) is 11.1 Å². The fraction of sp³-hybridized carbons (Fsp3) is 0.333. The van der Waals surface area contributed by atoms with Crippen molar-refractivity contribution in [3.8, 4) is 0 Å². The summed E-state index contributed by atoms with van der Waals surface area (Å²) in [6.45, 7) is 6.71. The lowest BCUT2D eigenvalue weighted by molar-refractivity contribution is -0.134. The molecule has 1 aliphatic rings. The number of anilines is 1. The first-order chi connectivity index (χ1) is 13.1. The number of carbonyl (C=O) groups excluding carboxylic acids is 1. The zero-order chi connectivity index (χ0) is 19.0. The van der Waals surface area contributed by atoms with Crippen molar-refractivity contribution in [3.05, 3.63) is 64.6 Å². The zero-order valence-corrected chi connectivity index (χ0v) is 15.6. The Hall–Kier alpha value is -3.02. The van der Waals surface area contributed by atoms with E-state index < -0.39 is 11.8 Å². The summed E-state index contributed by atoms with van der Waals surface area (Å²) in [5.41, 5.74) is 3.62. The summed E-state index contributed by atoms with van der Waals surface area (Å²) >= 11 is 0. The van der Waals surface area contributed by atoms with E-state index >= 15 is 0 Å². The highest BCUT2D eigenvalue weighted by atomic mass is 16.4. The maximum Gasteiger partial charge on any atom is 0.420 e. The van der Waals surface area contributed by atoms with Crippen molar-refractivity contribution in [2.45, 2.75) is 19.9 Å². The van der Waals surface area contributed by atoms with Gasteiger partial charge in [-0.25, -0.2) is 4.79 Å². The molecular weight excluding hydrogens is 342 g/mol. The summed E-state index contributed by atoms with van der Waals surface area (Å²) in [4.78, 5) is 29.4. The van der Waals surface area contributed by atoms with Crippen LogP contribution in [-0.2, 0) is 4.79 Å². The molecule has 1 aromatic heterocycles. The van der Waals surface area contributed by atoms with Crippen molar-refractivity contribution in [1.82, 2.24) is 9.47 Å². The van der Waals surface area contributed by atoms with Gasteiger partial charge < -0.3 is 14.2 Å². The first-order valence-corrected chi connectivity index (χ1v) is 9.25. The third-order valence-corrected chi connectivity index (χ3v) is 5.31. The van der Waals surface area contributed by atoms with E-state index in [4.69, 9.17) is 4.42 Å². The Labute approximate surface area is 157 Å². The van der Waals surface area contributed by atoms with Gasteiger partial charge in [-0.3, -0.25) is 9.36 Å². The second kappa shape index (κ2) is 6.95. The Morgan fingerprint density at radius 3 is 2.41 bits per heavy atom. The van der Waals surface area contributed by atoms with Crippen LogP contribution in [0.4, 0.5) is 5.69 Å². The molecule has 1 fully saturated rings. The minimum atomic E-state index is -0.592. The van der Waals surface area contributed by atoms with Crippen LogP contribution in [0, 0.1) is 6.92 Å². The lowest BCUT2D eigenvalue weighted by atomic mass is 10.1. The first kappa shape index (κ1) is 17.4. The molecule has 6 nitrogen and oxygen atoms in total. The summed E-state index contributed by atoms with van der Waals surface area (Å²) in [7, 11) is 0. The van der Waals surface area contributed by atoms with Crippen LogP contribution in [0.15, 0.2) is 57.7 Å². The van der Waals surface area contributed by atoms with Crippen molar-refractivity contribution in [2.24, 2.45) is 0 Å². The third-order valence-electron chi connectivity index (χ3n) is 5.31.